The number of pyridine rings is 1. The molecule has 2 heterocycles. The predicted octanol–water partition coefficient (Wildman–Crippen LogP) is 1.05. The number of hydrogen-bond donors (Lipinski definition) is 2. The van der Waals surface area contributed by atoms with E-state index in [2.05, 4.69) is 22.1 Å². The summed E-state index contributed by atoms with van der Waals surface area (Å²) in [5.41, 5.74) is 6.64. The minimum atomic E-state index is 0.0309. The van der Waals surface area contributed by atoms with Gasteiger partial charge in [0.2, 0.25) is 5.91 Å². The number of anilines is 1. The predicted molar refractivity (Wildman–Crippen MR) is 86.6 cm³/mol. The van der Waals surface area contributed by atoms with E-state index >= 15 is 0 Å². The van der Waals surface area contributed by atoms with Crippen LogP contribution in [0, 0.1) is 0 Å². The molecule has 1 saturated heterocycles. The molecule has 1 aromatic rings. The molecule has 1 fully saturated rings. The van der Waals surface area contributed by atoms with Crippen LogP contribution in [0.3, 0.4) is 0 Å². The van der Waals surface area contributed by atoms with E-state index in [0.29, 0.717) is 19.4 Å². The maximum Gasteiger partial charge on any atom is 0.220 e. The molecule has 0 radical (unpaired) electrons. The van der Waals surface area contributed by atoms with E-state index in [0.717, 1.165) is 31.1 Å². The number of aromatic nitrogens is 1. The minimum absolute atomic E-state index is 0.0309. The Labute approximate surface area is 132 Å². The summed E-state index contributed by atoms with van der Waals surface area (Å²) in [6.07, 6.45) is 3.23. The van der Waals surface area contributed by atoms with Gasteiger partial charge >= 0.3 is 0 Å². The molecule has 0 aliphatic carbocycles. The number of nitrogens with two attached hydrogens (primary N) is 1. The van der Waals surface area contributed by atoms with Crippen LogP contribution in [-0.2, 0) is 16.1 Å². The quantitative estimate of drug-likeness (QED) is 0.821. The maximum atomic E-state index is 11.7. The molecule has 0 aromatic carbocycles. The highest BCUT2D eigenvalue weighted by atomic mass is 16.5. The van der Waals surface area contributed by atoms with Gasteiger partial charge in [-0.2, -0.15) is 0 Å². The zero-order valence-corrected chi connectivity index (χ0v) is 13.4. The van der Waals surface area contributed by atoms with Gasteiger partial charge in [-0.15, -0.1) is 0 Å². The molecule has 2 unspecified atom stereocenters. The first-order chi connectivity index (χ1) is 10.5. The number of nitrogens with one attached hydrogen (secondary N) is 1. The minimum Gasteiger partial charge on any atom is -0.375 e. The molecule has 1 aliphatic heterocycles. The van der Waals surface area contributed by atoms with Gasteiger partial charge in [0.1, 0.15) is 5.82 Å². The smallest absolute Gasteiger partial charge is 0.220 e. The summed E-state index contributed by atoms with van der Waals surface area (Å²) in [6.45, 7) is 6.94. The molecule has 6 nitrogen and oxygen atoms in total. The van der Waals surface area contributed by atoms with Crippen LogP contribution in [0.1, 0.15) is 32.3 Å². The average Bonchev–Trinajstić information content (AvgIpc) is 2.51. The Balaban J connectivity index is 1.80. The third-order valence-electron chi connectivity index (χ3n) is 3.69. The zero-order chi connectivity index (χ0) is 15.9. The molecule has 1 aliphatic rings. The van der Waals surface area contributed by atoms with Crippen molar-refractivity contribution in [2.75, 3.05) is 24.6 Å². The summed E-state index contributed by atoms with van der Waals surface area (Å²) in [5, 5.41) is 2.89. The molecule has 0 saturated carbocycles. The van der Waals surface area contributed by atoms with Crippen molar-refractivity contribution in [1.29, 1.82) is 0 Å². The van der Waals surface area contributed by atoms with Gasteiger partial charge in [-0.25, -0.2) is 4.98 Å². The Kier molecular flexibility index (Phi) is 6.15. The lowest BCUT2D eigenvalue weighted by Crippen LogP contribution is -2.41. The van der Waals surface area contributed by atoms with Gasteiger partial charge in [0.15, 0.2) is 0 Å². The van der Waals surface area contributed by atoms with E-state index in [4.69, 9.17) is 10.5 Å². The second kappa shape index (κ2) is 8.10. The molecular weight excluding hydrogens is 280 g/mol. The highest BCUT2D eigenvalue weighted by molar-refractivity contribution is 5.75. The lowest BCUT2D eigenvalue weighted by Gasteiger charge is -2.32. The summed E-state index contributed by atoms with van der Waals surface area (Å²) in [4.78, 5) is 18.4. The molecule has 122 valence electrons. The van der Waals surface area contributed by atoms with Gasteiger partial charge in [-0.3, -0.25) is 4.79 Å². The van der Waals surface area contributed by atoms with Crippen molar-refractivity contribution in [3.63, 3.8) is 0 Å². The van der Waals surface area contributed by atoms with Crippen molar-refractivity contribution in [3.8, 4) is 0 Å². The van der Waals surface area contributed by atoms with Gasteiger partial charge in [0.05, 0.1) is 12.7 Å². The van der Waals surface area contributed by atoms with Crippen molar-refractivity contribution in [2.24, 2.45) is 5.73 Å². The van der Waals surface area contributed by atoms with Gasteiger partial charge in [0, 0.05) is 38.3 Å². The standard InChI is InChI=1S/C16H26N4O2/c1-12(17)3-6-16(21)19-10-14-4-5-15(18-9-14)20-7-8-22-13(2)11-20/h4-5,9,12-13H,3,6-8,10-11,17H2,1-2H3,(H,19,21). The summed E-state index contributed by atoms with van der Waals surface area (Å²) >= 11 is 0. The fraction of sp³-hybridized carbons (Fsp3) is 0.625. The Hall–Kier alpha value is -1.66. The van der Waals surface area contributed by atoms with E-state index < -0.39 is 0 Å². The Morgan fingerprint density at radius 3 is 3.05 bits per heavy atom. The SMILES string of the molecule is CC(N)CCC(=O)NCc1ccc(N2CCOC(C)C2)nc1. The van der Waals surface area contributed by atoms with Gasteiger partial charge < -0.3 is 20.7 Å². The summed E-state index contributed by atoms with van der Waals surface area (Å²) in [5.74, 6) is 0.991. The fourth-order valence-corrected chi connectivity index (χ4v) is 2.38. The largest absolute Gasteiger partial charge is 0.375 e. The summed E-state index contributed by atoms with van der Waals surface area (Å²) < 4.78 is 5.53. The number of nitrogens with zero attached hydrogens (tertiary/aromatic N) is 2. The van der Waals surface area contributed by atoms with Gasteiger partial charge in [-0.1, -0.05) is 6.07 Å². The molecule has 3 N–H and O–H groups in total. The van der Waals surface area contributed by atoms with E-state index in [1.54, 1.807) is 0 Å². The van der Waals surface area contributed by atoms with Crippen molar-refractivity contribution in [2.45, 2.75) is 45.4 Å². The second-order valence-corrected chi connectivity index (χ2v) is 5.94. The fourth-order valence-electron chi connectivity index (χ4n) is 2.38. The lowest BCUT2D eigenvalue weighted by atomic mass is 10.2. The lowest BCUT2D eigenvalue weighted by molar-refractivity contribution is -0.121. The van der Waals surface area contributed by atoms with E-state index in [9.17, 15) is 4.79 Å². The number of rotatable bonds is 6. The Morgan fingerprint density at radius 1 is 1.59 bits per heavy atom. The van der Waals surface area contributed by atoms with Crippen LogP contribution in [-0.4, -0.2) is 42.7 Å². The van der Waals surface area contributed by atoms with Crippen LogP contribution < -0.4 is 16.0 Å². The molecular formula is C16H26N4O2. The summed E-state index contributed by atoms with van der Waals surface area (Å²) in [7, 11) is 0. The number of ether oxygens (including phenoxy) is 1. The van der Waals surface area contributed by atoms with E-state index in [1.807, 2.05) is 25.3 Å². The number of carbonyl (C=O) groups is 1. The van der Waals surface area contributed by atoms with Gasteiger partial charge in [-0.05, 0) is 31.9 Å². The third kappa shape index (κ3) is 5.27. The zero-order valence-electron chi connectivity index (χ0n) is 13.4. The second-order valence-electron chi connectivity index (χ2n) is 5.94. The van der Waals surface area contributed by atoms with Crippen molar-refractivity contribution in [3.05, 3.63) is 23.9 Å². The molecule has 2 rings (SSSR count). The molecule has 0 bridgehead atoms. The van der Waals surface area contributed by atoms with E-state index in [-0.39, 0.29) is 18.1 Å². The Morgan fingerprint density at radius 2 is 2.41 bits per heavy atom. The Bertz CT molecular complexity index is 476. The molecule has 2 atom stereocenters. The van der Waals surface area contributed by atoms with E-state index in [1.165, 1.54) is 0 Å². The number of hydrogen-bond acceptors (Lipinski definition) is 5. The van der Waals surface area contributed by atoms with Crippen molar-refractivity contribution in [1.82, 2.24) is 10.3 Å². The first-order valence-electron chi connectivity index (χ1n) is 7.88. The highest BCUT2D eigenvalue weighted by Gasteiger charge is 2.17. The first-order valence-corrected chi connectivity index (χ1v) is 7.88. The molecule has 6 heteroatoms. The maximum absolute atomic E-state index is 11.7. The topological polar surface area (TPSA) is 80.5 Å². The highest BCUT2D eigenvalue weighted by Crippen LogP contribution is 2.15. The first kappa shape index (κ1) is 16.7. The average molecular weight is 306 g/mol. The monoisotopic (exact) mass is 306 g/mol. The normalized spacial score (nSPS) is 19.8. The number of carbonyl (C=O) groups excluding carboxylic acids is 1. The van der Waals surface area contributed by atoms with Crippen LogP contribution in [0.15, 0.2) is 18.3 Å². The van der Waals surface area contributed by atoms with Crippen LogP contribution in [0.2, 0.25) is 0 Å². The van der Waals surface area contributed by atoms with Crippen LogP contribution in [0.5, 0.6) is 0 Å². The van der Waals surface area contributed by atoms with Crippen LogP contribution in [0.25, 0.3) is 0 Å². The summed E-state index contributed by atoms with van der Waals surface area (Å²) in [6, 6.07) is 4.07. The van der Waals surface area contributed by atoms with Crippen LogP contribution >= 0.6 is 0 Å². The van der Waals surface area contributed by atoms with Gasteiger partial charge in [0.25, 0.3) is 0 Å². The van der Waals surface area contributed by atoms with Crippen LogP contribution in [0.4, 0.5) is 5.82 Å². The number of morpholine rings is 1. The number of amides is 1. The molecule has 1 aromatic heterocycles. The third-order valence-corrected chi connectivity index (χ3v) is 3.69. The molecule has 0 spiro atoms. The van der Waals surface area contributed by atoms with Crippen molar-refractivity contribution < 1.29 is 9.53 Å². The molecule has 1 amide bonds. The van der Waals surface area contributed by atoms with Crippen molar-refractivity contribution >= 4 is 11.7 Å². The molecule has 22 heavy (non-hydrogen) atoms.